The van der Waals surface area contributed by atoms with Gasteiger partial charge in [0.05, 0.1) is 0 Å². The molecule has 1 rings (SSSR count). The highest BCUT2D eigenvalue weighted by atomic mass is 35.5. The van der Waals surface area contributed by atoms with E-state index in [2.05, 4.69) is 10.6 Å². The number of nitrogens with two attached hydrogens (primary N) is 1. The number of carbonyl (C=O) groups is 1. The van der Waals surface area contributed by atoms with E-state index >= 15 is 0 Å². The number of amides is 2. The molecular weight excluding hydrogens is 178 g/mol. The van der Waals surface area contributed by atoms with E-state index in [-0.39, 0.29) is 17.9 Å². The summed E-state index contributed by atoms with van der Waals surface area (Å²) in [5, 5.41) is 5.98. The number of halogens is 1. The van der Waals surface area contributed by atoms with Gasteiger partial charge in [0.15, 0.2) is 0 Å². The van der Waals surface area contributed by atoms with Crippen molar-refractivity contribution in [1.29, 1.82) is 0 Å². The average molecular weight is 194 g/mol. The first-order valence-electron chi connectivity index (χ1n) is 3.91. The molecule has 0 bridgehead atoms. The molecule has 0 saturated carbocycles. The summed E-state index contributed by atoms with van der Waals surface area (Å²) in [6, 6.07) is -0.422. The van der Waals surface area contributed by atoms with Crippen LogP contribution in [0.4, 0.5) is 4.79 Å². The summed E-state index contributed by atoms with van der Waals surface area (Å²) >= 11 is 0. The minimum Gasteiger partial charge on any atom is -0.352 e. The van der Waals surface area contributed by atoms with Gasteiger partial charge in [-0.15, -0.1) is 12.4 Å². The molecule has 0 spiro atoms. The van der Waals surface area contributed by atoms with E-state index < -0.39 is 6.03 Å². The monoisotopic (exact) mass is 193 g/mol. The van der Waals surface area contributed by atoms with Gasteiger partial charge in [0, 0.05) is 5.54 Å². The van der Waals surface area contributed by atoms with Gasteiger partial charge in [-0.25, -0.2) is 4.79 Å². The molecule has 2 amide bonds. The number of urea groups is 1. The number of primary amides is 1. The maximum absolute atomic E-state index is 10.6. The molecule has 5 heteroatoms. The second-order valence-electron chi connectivity index (χ2n) is 3.30. The largest absolute Gasteiger partial charge is 0.352 e. The molecule has 0 aromatic carbocycles. The van der Waals surface area contributed by atoms with Crippen LogP contribution < -0.4 is 16.4 Å². The van der Waals surface area contributed by atoms with Crippen molar-refractivity contribution < 1.29 is 4.79 Å². The molecule has 1 aliphatic rings. The predicted molar refractivity (Wildman–Crippen MR) is 50.5 cm³/mol. The molecule has 72 valence electrons. The molecule has 1 saturated heterocycles. The highest BCUT2D eigenvalue weighted by molar-refractivity contribution is 5.85. The van der Waals surface area contributed by atoms with Gasteiger partial charge in [-0.2, -0.15) is 0 Å². The lowest BCUT2D eigenvalue weighted by Gasteiger charge is -2.34. The van der Waals surface area contributed by atoms with Gasteiger partial charge < -0.3 is 16.4 Å². The smallest absolute Gasteiger partial charge is 0.312 e. The highest BCUT2D eigenvalue weighted by Gasteiger charge is 2.27. The molecule has 0 atom stereocenters. The Morgan fingerprint density at radius 1 is 1.50 bits per heavy atom. The van der Waals surface area contributed by atoms with Crippen molar-refractivity contribution in [3.63, 3.8) is 0 Å². The highest BCUT2D eigenvalue weighted by Crippen LogP contribution is 2.16. The first-order chi connectivity index (χ1) is 5.12. The number of hydrogen-bond donors (Lipinski definition) is 3. The van der Waals surface area contributed by atoms with E-state index in [9.17, 15) is 4.79 Å². The van der Waals surface area contributed by atoms with Crippen molar-refractivity contribution in [2.45, 2.75) is 25.3 Å². The summed E-state index contributed by atoms with van der Waals surface area (Å²) in [5.41, 5.74) is 4.95. The molecule has 0 aromatic rings. The number of carbonyl (C=O) groups excluding carboxylic acids is 1. The van der Waals surface area contributed by atoms with Crippen LogP contribution in [0.3, 0.4) is 0 Å². The summed E-state index contributed by atoms with van der Waals surface area (Å²) in [5.74, 6) is 0. The second-order valence-corrected chi connectivity index (χ2v) is 3.30. The van der Waals surface area contributed by atoms with Crippen LogP contribution >= 0.6 is 12.4 Å². The van der Waals surface area contributed by atoms with Crippen molar-refractivity contribution >= 4 is 18.4 Å². The Labute approximate surface area is 78.7 Å². The normalized spacial score (nSPS) is 20.8. The zero-order chi connectivity index (χ0) is 8.32. The Morgan fingerprint density at radius 3 is 2.42 bits per heavy atom. The fourth-order valence-corrected chi connectivity index (χ4v) is 1.40. The van der Waals surface area contributed by atoms with Gasteiger partial charge >= 0.3 is 6.03 Å². The van der Waals surface area contributed by atoms with Crippen molar-refractivity contribution in [2.24, 2.45) is 5.73 Å². The van der Waals surface area contributed by atoms with Gasteiger partial charge in [0.25, 0.3) is 0 Å². The Morgan fingerprint density at radius 2 is 2.00 bits per heavy atom. The minimum atomic E-state index is -0.422. The van der Waals surface area contributed by atoms with Crippen molar-refractivity contribution in [1.82, 2.24) is 10.6 Å². The fraction of sp³-hybridized carbons (Fsp3) is 0.857. The van der Waals surface area contributed by atoms with Crippen LogP contribution in [0.1, 0.15) is 19.8 Å². The number of hydrogen-bond acceptors (Lipinski definition) is 2. The maximum atomic E-state index is 10.6. The molecule has 0 radical (unpaired) electrons. The van der Waals surface area contributed by atoms with E-state index in [0.29, 0.717) is 0 Å². The summed E-state index contributed by atoms with van der Waals surface area (Å²) in [7, 11) is 0. The molecule has 0 aliphatic carbocycles. The quantitative estimate of drug-likeness (QED) is 0.558. The lowest BCUT2D eigenvalue weighted by Crippen LogP contribution is -2.53. The van der Waals surface area contributed by atoms with Gasteiger partial charge in [0.1, 0.15) is 0 Å². The van der Waals surface area contributed by atoms with Crippen LogP contribution in [0.2, 0.25) is 0 Å². The Kier molecular flexibility index (Phi) is 4.34. The summed E-state index contributed by atoms with van der Waals surface area (Å²) in [6.07, 6.45) is 1.91. The van der Waals surface area contributed by atoms with Crippen molar-refractivity contribution in [3.8, 4) is 0 Å². The summed E-state index contributed by atoms with van der Waals surface area (Å²) in [4.78, 5) is 10.6. The van der Waals surface area contributed by atoms with E-state index in [1.165, 1.54) is 0 Å². The van der Waals surface area contributed by atoms with Crippen LogP contribution in [0, 0.1) is 0 Å². The lowest BCUT2D eigenvalue weighted by molar-refractivity contribution is 0.222. The first-order valence-corrected chi connectivity index (χ1v) is 3.91. The lowest BCUT2D eigenvalue weighted by atomic mass is 9.91. The van der Waals surface area contributed by atoms with E-state index in [4.69, 9.17) is 5.73 Å². The predicted octanol–water partition coefficient (Wildman–Crippen LogP) is 0.219. The van der Waals surface area contributed by atoms with E-state index in [0.717, 1.165) is 25.9 Å². The molecule has 12 heavy (non-hydrogen) atoms. The first kappa shape index (κ1) is 11.5. The standard InChI is InChI=1S/C7H15N3O.ClH/c1-7(10-6(8)11)2-4-9-5-3-7;/h9H,2-5H2,1H3,(H3,8,10,11);1H. The molecule has 1 aliphatic heterocycles. The number of nitrogens with one attached hydrogen (secondary N) is 2. The SMILES string of the molecule is CC1(NC(N)=O)CCNCC1.Cl. The van der Waals surface area contributed by atoms with Crippen LogP contribution in [-0.2, 0) is 0 Å². The topological polar surface area (TPSA) is 67.1 Å². The molecule has 0 aromatic heterocycles. The molecule has 4 N–H and O–H groups in total. The van der Waals surface area contributed by atoms with Gasteiger partial charge in [-0.05, 0) is 32.9 Å². The van der Waals surface area contributed by atoms with E-state index in [1.807, 2.05) is 6.92 Å². The zero-order valence-corrected chi connectivity index (χ0v) is 8.04. The molecule has 0 unspecified atom stereocenters. The minimum absolute atomic E-state index is 0. The Balaban J connectivity index is 0.00000121. The fourth-order valence-electron chi connectivity index (χ4n) is 1.40. The van der Waals surface area contributed by atoms with Gasteiger partial charge in [-0.3, -0.25) is 0 Å². The molecule has 4 nitrogen and oxygen atoms in total. The Bertz CT molecular complexity index is 157. The van der Waals surface area contributed by atoms with Crippen LogP contribution in [0.15, 0.2) is 0 Å². The average Bonchev–Trinajstić information content (AvgIpc) is 1.85. The van der Waals surface area contributed by atoms with Gasteiger partial charge in [-0.1, -0.05) is 0 Å². The third-order valence-corrected chi connectivity index (χ3v) is 2.13. The molecule has 1 fully saturated rings. The van der Waals surface area contributed by atoms with Crippen LogP contribution in [0.25, 0.3) is 0 Å². The summed E-state index contributed by atoms with van der Waals surface area (Å²) < 4.78 is 0. The second kappa shape index (κ2) is 4.52. The molecular formula is C7H16ClN3O. The number of rotatable bonds is 1. The molecule has 1 heterocycles. The third-order valence-electron chi connectivity index (χ3n) is 2.13. The third kappa shape index (κ3) is 3.28. The van der Waals surface area contributed by atoms with Crippen LogP contribution in [0.5, 0.6) is 0 Å². The van der Waals surface area contributed by atoms with Crippen molar-refractivity contribution in [3.05, 3.63) is 0 Å². The van der Waals surface area contributed by atoms with E-state index in [1.54, 1.807) is 0 Å². The van der Waals surface area contributed by atoms with Gasteiger partial charge in [0.2, 0.25) is 0 Å². The summed E-state index contributed by atoms with van der Waals surface area (Å²) in [6.45, 7) is 3.94. The van der Waals surface area contributed by atoms with Crippen molar-refractivity contribution in [2.75, 3.05) is 13.1 Å². The zero-order valence-electron chi connectivity index (χ0n) is 7.22. The maximum Gasteiger partial charge on any atom is 0.312 e. The Hall–Kier alpha value is -0.480. The van der Waals surface area contributed by atoms with Crippen LogP contribution in [-0.4, -0.2) is 24.7 Å². The number of piperidine rings is 1.